The summed E-state index contributed by atoms with van der Waals surface area (Å²) in [7, 11) is -3.72. The maximum Gasteiger partial charge on any atom is 0.240 e. The minimum atomic E-state index is -3.72. The number of benzene rings is 1. The van der Waals surface area contributed by atoms with E-state index in [2.05, 4.69) is 10.3 Å². The van der Waals surface area contributed by atoms with Gasteiger partial charge in [0.05, 0.1) is 17.0 Å². The first-order valence-electron chi connectivity index (χ1n) is 7.59. The van der Waals surface area contributed by atoms with E-state index >= 15 is 0 Å². The molecule has 0 unspecified atom stereocenters. The molecule has 1 amide bonds. The predicted molar refractivity (Wildman–Crippen MR) is 96.9 cm³/mol. The second-order valence-corrected chi connectivity index (χ2v) is 8.58. The van der Waals surface area contributed by atoms with E-state index in [1.54, 1.807) is 0 Å². The molecular weight excluding hydrogens is 365 g/mol. The third kappa shape index (κ3) is 5.50. The lowest BCUT2D eigenvalue weighted by atomic mass is 10.2. The van der Waals surface area contributed by atoms with Crippen molar-refractivity contribution in [2.45, 2.75) is 19.8 Å². The van der Waals surface area contributed by atoms with E-state index in [-0.39, 0.29) is 11.6 Å². The second kappa shape index (κ2) is 7.92. The fourth-order valence-electron chi connectivity index (χ4n) is 2.17. The van der Waals surface area contributed by atoms with Crippen molar-refractivity contribution in [3.05, 3.63) is 46.2 Å². The third-order valence-electron chi connectivity index (χ3n) is 3.45. The van der Waals surface area contributed by atoms with Gasteiger partial charge in [-0.15, -0.1) is 11.3 Å². The molecule has 6 nitrogen and oxygen atoms in total. The number of halogens is 1. The molecule has 2 aromatic rings. The highest BCUT2D eigenvalue weighted by Crippen LogP contribution is 2.20. The first-order valence-corrected chi connectivity index (χ1v) is 10.3. The van der Waals surface area contributed by atoms with E-state index < -0.39 is 28.3 Å². The summed E-state index contributed by atoms with van der Waals surface area (Å²) in [6.07, 6.45) is 0.978. The van der Waals surface area contributed by atoms with E-state index in [0.717, 1.165) is 27.3 Å². The molecule has 0 radical (unpaired) electrons. The molecule has 1 heterocycles. The lowest BCUT2D eigenvalue weighted by Crippen LogP contribution is -2.41. The summed E-state index contributed by atoms with van der Waals surface area (Å²) in [6.45, 7) is 3.76. The Morgan fingerprint density at radius 3 is 2.72 bits per heavy atom. The highest BCUT2D eigenvalue weighted by molar-refractivity contribution is 7.92. The molecule has 25 heavy (non-hydrogen) atoms. The maximum absolute atomic E-state index is 13.4. The van der Waals surface area contributed by atoms with Crippen molar-refractivity contribution in [1.29, 1.82) is 0 Å². The molecule has 0 aliphatic carbocycles. The molecule has 0 spiro atoms. The van der Waals surface area contributed by atoms with Crippen LogP contribution in [0.5, 0.6) is 0 Å². The number of sulfonamides is 1. The van der Waals surface area contributed by atoms with Gasteiger partial charge in [-0.1, -0.05) is 13.0 Å². The van der Waals surface area contributed by atoms with Crippen LogP contribution in [0.1, 0.15) is 23.5 Å². The normalized spacial score (nSPS) is 12.6. The van der Waals surface area contributed by atoms with Crippen molar-refractivity contribution >= 4 is 33.0 Å². The average Bonchev–Trinajstić information content (AvgIpc) is 2.95. The summed E-state index contributed by atoms with van der Waals surface area (Å²) in [6, 6.07) is 5.13. The van der Waals surface area contributed by atoms with Crippen LogP contribution in [0.4, 0.5) is 10.1 Å². The van der Waals surface area contributed by atoms with Gasteiger partial charge in [0.15, 0.2) is 0 Å². The standard InChI is InChI=1S/C16H20FN3O3S2/c1-11(16-19-12(2)10-24-16)8-18-15(21)9-20(25(3,22)23)14-6-4-5-13(17)7-14/h4-7,10-11H,8-9H2,1-3H3,(H,18,21)/t11-/m1/s1. The number of rotatable bonds is 7. The van der Waals surface area contributed by atoms with E-state index in [1.807, 2.05) is 19.2 Å². The van der Waals surface area contributed by atoms with Crippen LogP contribution in [-0.4, -0.2) is 38.7 Å². The van der Waals surface area contributed by atoms with Crippen molar-refractivity contribution < 1.29 is 17.6 Å². The van der Waals surface area contributed by atoms with Gasteiger partial charge in [0.25, 0.3) is 0 Å². The zero-order chi connectivity index (χ0) is 18.6. The van der Waals surface area contributed by atoms with Gasteiger partial charge in [0.2, 0.25) is 15.9 Å². The van der Waals surface area contributed by atoms with Crippen LogP contribution < -0.4 is 9.62 Å². The molecule has 9 heteroatoms. The number of nitrogens with zero attached hydrogens (tertiary/aromatic N) is 2. The van der Waals surface area contributed by atoms with Gasteiger partial charge in [-0.05, 0) is 25.1 Å². The van der Waals surface area contributed by atoms with Gasteiger partial charge in [-0.25, -0.2) is 17.8 Å². The topological polar surface area (TPSA) is 79.4 Å². The van der Waals surface area contributed by atoms with Crippen LogP contribution in [0.3, 0.4) is 0 Å². The molecule has 1 aromatic carbocycles. The van der Waals surface area contributed by atoms with Crippen LogP contribution in [0.2, 0.25) is 0 Å². The largest absolute Gasteiger partial charge is 0.354 e. The minimum Gasteiger partial charge on any atom is -0.354 e. The van der Waals surface area contributed by atoms with Crippen LogP contribution in [0.15, 0.2) is 29.6 Å². The molecule has 0 aliphatic rings. The molecule has 2 rings (SSSR count). The summed E-state index contributed by atoms with van der Waals surface area (Å²) in [4.78, 5) is 16.5. The number of anilines is 1. The van der Waals surface area contributed by atoms with Gasteiger partial charge in [0, 0.05) is 23.5 Å². The number of hydrogen-bond donors (Lipinski definition) is 1. The number of carbonyl (C=O) groups is 1. The second-order valence-electron chi connectivity index (χ2n) is 5.78. The number of aromatic nitrogens is 1. The molecule has 0 fully saturated rings. The Bertz CT molecular complexity index is 852. The molecule has 0 bridgehead atoms. The molecule has 136 valence electrons. The first-order chi connectivity index (χ1) is 11.7. The van der Waals surface area contributed by atoms with E-state index in [1.165, 1.54) is 29.5 Å². The van der Waals surface area contributed by atoms with Crippen molar-refractivity contribution in [2.75, 3.05) is 23.7 Å². The van der Waals surface area contributed by atoms with Crippen molar-refractivity contribution in [1.82, 2.24) is 10.3 Å². The summed E-state index contributed by atoms with van der Waals surface area (Å²) < 4.78 is 38.2. The highest BCUT2D eigenvalue weighted by atomic mass is 32.2. The summed E-state index contributed by atoms with van der Waals surface area (Å²) in [5.74, 6) is -1.02. The summed E-state index contributed by atoms with van der Waals surface area (Å²) in [5.41, 5.74) is 1.04. The number of thiazole rings is 1. The van der Waals surface area contributed by atoms with Crippen molar-refractivity contribution in [3.8, 4) is 0 Å². The van der Waals surface area contributed by atoms with E-state index in [4.69, 9.17) is 0 Å². The molecule has 1 atom stereocenters. The van der Waals surface area contributed by atoms with Crippen LogP contribution >= 0.6 is 11.3 Å². The van der Waals surface area contributed by atoms with Crippen LogP contribution in [0, 0.1) is 12.7 Å². The van der Waals surface area contributed by atoms with Gasteiger partial charge < -0.3 is 5.32 Å². The van der Waals surface area contributed by atoms with Crippen LogP contribution in [0.25, 0.3) is 0 Å². The average molecular weight is 385 g/mol. The number of nitrogens with one attached hydrogen (secondary N) is 1. The fraction of sp³-hybridized carbons (Fsp3) is 0.375. The molecule has 0 saturated heterocycles. The third-order valence-corrected chi connectivity index (χ3v) is 5.78. The Hall–Kier alpha value is -2.00. The smallest absolute Gasteiger partial charge is 0.240 e. The number of hydrogen-bond acceptors (Lipinski definition) is 5. The predicted octanol–water partition coefficient (Wildman–Crippen LogP) is 2.28. The fourth-order valence-corrected chi connectivity index (χ4v) is 3.87. The Kier molecular flexibility index (Phi) is 6.12. The van der Waals surface area contributed by atoms with Crippen LogP contribution in [-0.2, 0) is 14.8 Å². The molecule has 1 aromatic heterocycles. The summed E-state index contributed by atoms with van der Waals surface area (Å²) in [5, 5.41) is 5.54. The van der Waals surface area contributed by atoms with E-state index in [9.17, 15) is 17.6 Å². The van der Waals surface area contributed by atoms with Gasteiger partial charge in [-0.3, -0.25) is 9.10 Å². The monoisotopic (exact) mass is 385 g/mol. The zero-order valence-electron chi connectivity index (χ0n) is 14.2. The molecular formula is C16H20FN3O3S2. The minimum absolute atomic E-state index is 0.0171. The zero-order valence-corrected chi connectivity index (χ0v) is 15.8. The number of carbonyl (C=O) groups excluding carboxylic acids is 1. The maximum atomic E-state index is 13.4. The Labute approximate surface area is 150 Å². The van der Waals surface area contributed by atoms with Gasteiger partial charge in [0.1, 0.15) is 12.4 Å². The van der Waals surface area contributed by atoms with Gasteiger partial charge in [-0.2, -0.15) is 0 Å². The SMILES string of the molecule is Cc1csc([C@H](C)CNC(=O)CN(c2cccc(F)c2)S(C)(=O)=O)n1. The summed E-state index contributed by atoms with van der Waals surface area (Å²) >= 11 is 1.52. The van der Waals surface area contributed by atoms with Crippen molar-refractivity contribution in [2.24, 2.45) is 0 Å². The lowest BCUT2D eigenvalue weighted by molar-refractivity contribution is -0.119. The van der Waals surface area contributed by atoms with E-state index in [0.29, 0.717) is 6.54 Å². The molecule has 0 aliphatic heterocycles. The molecule has 0 saturated carbocycles. The lowest BCUT2D eigenvalue weighted by Gasteiger charge is -2.22. The Morgan fingerprint density at radius 2 is 2.16 bits per heavy atom. The highest BCUT2D eigenvalue weighted by Gasteiger charge is 2.21. The Morgan fingerprint density at radius 1 is 1.44 bits per heavy atom. The Balaban J connectivity index is 2.02. The quantitative estimate of drug-likeness (QED) is 0.793. The van der Waals surface area contributed by atoms with Gasteiger partial charge >= 0.3 is 0 Å². The van der Waals surface area contributed by atoms with Crippen molar-refractivity contribution in [3.63, 3.8) is 0 Å². The molecule has 1 N–H and O–H groups in total. The number of amides is 1. The first kappa shape index (κ1) is 19.3. The number of aryl methyl sites for hydroxylation is 1.